The van der Waals surface area contributed by atoms with Crippen molar-refractivity contribution in [3.63, 3.8) is 0 Å². The maximum absolute atomic E-state index is 12.6. The monoisotopic (exact) mass is 522 g/mol. The normalized spacial score (nSPS) is 19.1. The van der Waals surface area contributed by atoms with E-state index in [-0.39, 0.29) is 12.4 Å². The summed E-state index contributed by atoms with van der Waals surface area (Å²) in [6.45, 7) is 14.0. The van der Waals surface area contributed by atoms with Crippen LogP contribution in [-0.2, 0) is 11.2 Å². The number of alkyl halides is 3. The van der Waals surface area contributed by atoms with Gasteiger partial charge in [-0.3, -0.25) is 0 Å². The Hall–Kier alpha value is -2.21. The van der Waals surface area contributed by atoms with Gasteiger partial charge in [-0.05, 0) is 117 Å². The molecule has 6 heteroatoms. The number of allylic oxidation sites excluding steroid dienone is 6. The van der Waals surface area contributed by atoms with Crippen molar-refractivity contribution in [3.8, 4) is 11.5 Å². The molecule has 0 spiro atoms. The predicted octanol–water partition coefficient (Wildman–Crippen LogP) is 9.42. The molecule has 37 heavy (non-hydrogen) atoms. The van der Waals surface area contributed by atoms with Crippen LogP contribution in [0.2, 0.25) is 0 Å². The molecule has 208 valence electrons. The summed E-state index contributed by atoms with van der Waals surface area (Å²) < 4.78 is 55.3. The van der Waals surface area contributed by atoms with Crippen molar-refractivity contribution in [2.75, 3.05) is 13.9 Å². The van der Waals surface area contributed by atoms with Crippen LogP contribution in [-0.4, -0.2) is 25.7 Å². The first-order chi connectivity index (χ1) is 17.3. The minimum absolute atomic E-state index is 0.207. The summed E-state index contributed by atoms with van der Waals surface area (Å²) >= 11 is 0. The summed E-state index contributed by atoms with van der Waals surface area (Å²) in [5.74, 6) is 1.91. The molecular formula is C31H45F3O3. The molecule has 1 aromatic carbocycles. The number of hydrogen-bond donors (Lipinski definition) is 0. The highest BCUT2D eigenvalue weighted by Crippen LogP contribution is 2.44. The molecular weight excluding hydrogens is 477 g/mol. The Labute approximate surface area is 221 Å². The topological polar surface area (TPSA) is 27.7 Å². The van der Waals surface area contributed by atoms with Gasteiger partial charge in [0.25, 0.3) is 0 Å². The number of fused-ring (bicyclic) bond motifs is 1. The summed E-state index contributed by atoms with van der Waals surface area (Å²) in [7, 11) is 1.63. The van der Waals surface area contributed by atoms with E-state index in [1.807, 2.05) is 6.92 Å². The van der Waals surface area contributed by atoms with Gasteiger partial charge in [-0.1, -0.05) is 29.4 Å². The van der Waals surface area contributed by atoms with Gasteiger partial charge in [-0.2, -0.15) is 13.2 Å². The van der Waals surface area contributed by atoms with Gasteiger partial charge in [0.1, 0.15) is 17.1 Å². The standard InChI is InChI=1S/C31H45F3O3/c1-21(14-10-16-23(3)31(32,33)34)12-9-13-22(2)15-11-18-30(7)19-17-27-26(6)28(36-20-35-8)24(4)25(5)29(27)37-30/h12,15-16H,9-11,13-14,17-20H2,1-8H3/b21-12+,22-15+,23-16-. The molecule has 1 unspecified atom stereocenters. The molecule has 0 aromatic heterocycles. The fourth-order valence-electron chi connectivity index (χ4n) is 4.80. The molecule has 0 N–H and O–H groups in total. The van der Waals surface area contributed by atoms with Gasteiger partial charge >= 0.3 is 6.18 Å². The number of rotatable bonds is 12. The third kappa shape index (κ3) is 8.94. The summed E-state index contributed by atoms with van der Waals surface area (Å²) in [6, 6.07) is 0. The second kappa shape index (κ2) is 13.5. The maximum atomic E-state index is 12.6. The molecule has 1 heterocycles. The van der Waals surface area contributed by atoms with Gasteiger partial charge in [-0.15, -0.1) is 0 Å². The molecule has 3 nitrogen and oxygen atoms in total. The Morgan fingerprint density at radius 3 is 2.11 bits per heavy atom. The Morgan fingerprint density at radius 1 is 0.919 bits per heavy atom. The highest BCUT2D eigenvalue weighted by Gasteiger charge is 2.34. The number of methoxy groups -OCH3 is 1. The highest BCUT2D eigenvalue weighted by atomic mass is 19.4. The average molecular weight is 523 g/mol. The van der Waals surface area contributed by atoms with Crippen molar-refractivity contribution in [2.24, 2.45) is 0 Å². The summed E-state index contributed by atoms with van der Waals surface area (Å²) in [4.78, 5) is 0. The molecule has 0 bridgehead atoms. The summed E-state index contributed by atoms with van der Waals surface area (Å²) in [5.41, 5.74) is 6.36. The molecule has 0 saturated carbocycles. The van der Waals surface area contributed by atoms with Crippen LogP contribution in [0.4, 0.5) is 13.2 Å². The van der Waals surface area contributed by atoms with Gasteiger partial charge in [0.15, 0.2) is 6.79 Å². The van der Waals surface area contributed by atoms with Gasteiger partial charge < -0.3 is 14.2 Å². The number of ether oxygens (including phenoxy) is 3. The molecule has 1 aromatic rings. The highest BCUT2D eigenvalue weighted by molar-refractivity contribution is 5.59. The zero-order chi connectivity index (χ0) is 27.8. The predicted molar refractivity (Wildman–Crippen MR) is 146 cm³/mol. The van der Waals surface area contributed by atoms with E-state index in [9.17, 15) is 13.2 Å². The van der Waals surface area contributed by atoms with Crippen molar-refractivity contribution >= 4 is 0 Å². The number of benzene rings is 1. The van der Waals surface area contributed by atoms with Crippen molar-refractivity contribution in [2.45, 2.75) is 112 Å². The van der Waals surface area contributed by atoms with Crippen LogP contribution in [0.15, 0.2) is 34.9 Å². The second-order valence-electron chi connectivity index (χ2n) is 10.7. The maximum Gasteiger partial charge on any atom is 0.412 e. The van der Waals surface area contributed by atoms with E-state index in [0.29, 0.717) is 12.8 Å². The molecule has 1 aliphatic heterocycles. The largest absolute Gasteiger partial charge is 0.487 e. The fraction of sp³-hybridized carbons (Fsp3) is 0.613. The van der Waals surface area contributed by atoms with Crippen LogP contribution in [0.5, 0.6) is 11.5 Å². The first-order valence-corrected chi connectivity index (χ1v) is 13.3. The Bertz CT molecular complexity index is 1020. The lowest BCUT2D eigenvalue weighted by Crippen LogP contribution is -2.37. The lowest BCUT2D eigenvalue weighted by molar-refractivity contribution is -0.0915. The van der Waals surface area contributed by atoms with Crippen LogP contribution in [0.1, 0.15) is 94.9 Å². The van der Waals surface area contributed by atoms with E-state index < -0.39 is 11.7 Å². The molecule has 0 amide bonds. The van der Waals surface area contributed by atoms with Crippen LogP contribution in [0.3, 0.4) is 0 Å². The molecule has 1 atom stereocenters. The SMILES string of the molecule is COCOc1c(C)c(C)c2c(c1C)CCC(C)(CC/C=C(\C)CC/C=C(\C)CC/C=C(/C)C(F)(F)F)O2. The molecule has 0 saturated heterocycles. The van der Waals surface area contributed by atoms with Gasteiger partial charge in [-0.25, -0.2) is 0 Å². The number of halogens is 3. The quantitative estimate of drug-likeness (QED) is 0.202. The zero-order valence-electron chi connectivity index (χ0n) is 24.0. The smallest absolute Gasteiger partial charge is 0.412 e. The van der Waals surface area contributed by atoms with E-state index in [1.165, 1.54) is 17.2 Å². The van der Waals surface area contributed by atoms with Gasteiger partial charge in [0, 0.05) is 18.2 Å². The van der Waals surface area contributed by atoms with E-state index >= 15 is 0 Å². The first kappa shape index (κ1) is 31.0. The van der Waals surface area contributed by atoms with Crippen molar-refractivity contribution < 1.29 is 27.4 Å². The Morgan fingerprint density at radius 2 is 1.51 bits per heavy atom. The van der Waals surface area contributed by atoms with E-state index in [0.717, 1.165) is 79.2 Å². The Kier molecular flexibility index (Phi) is 11.4. The average Bonchev–Trinajstić information content (AvgIpc) is 2.82. The van der Waals surface area contributed by atoms with Crippen LogP contribution in [0, 0.1) is 20.8 Å². The summed E-state index contributed by atoms with van der Waals surface area (Å²) in [5, 5.41) is 0. The molecule has 0 radical (unpaired) electrons. The molecule has 1 aliphatic rings. The van der Waals surface area contributed by atoms with Crippen LogP contribution in [0.25, 0.3) is 0 Å². The zero-order valence-corrected chi connectivity index (χ0v) is 24.0. The third-order valence-corrected chi connectivity index (χ3v) is 7.52. The summed E-state index contributed by atoms with van der Waals surface area (Å²) in [6.07, 6.45) is 8.28. The van der Waals surface area contributed by atoms with Crippen molar-refractivity contribution in [1.82, 2.24) is 0 Å². The second-order valence-corrected chi connectivity index (χ2v) is 10.7. The third-order valence-electron chi connectivity index (χ3n) is 7.52. The minimum atomic E-state index is -4.22. The minimum Gasteiger partial charge on any atom is -0.487 e. The lowest BCUT2D eigenvalue weighted by atomic mass is 9.85. The molecule has 2 rings (SSSR count). The van der Waals surface area contributed by atoms with E-state index in [1.54, 1.807) is 7.11 Å². The Balaban J connectivity index is 1.89. The van der Waals surface area contributed by atoms with E-state index in [4.69, 9.17) is 14.2 Å². The van der Waals surface area contributed by atoms with Crippen molar-refractivity contribution in [1.29, 1.82) is 0 Å². The lowest BCUT2D eigenvalue weighted by Gasteiger charge is -2.38. The van der Waals surface area contributed by atoms with E-state index in [2.05, 4.69) is 46.8 Å². The molecule has 0 aliphatic carbocycles. The first-order valence-electron chi connectivity index (χ1n) is 13.3. The van der Waals surface area contributed by atoms with Crippen LogP contribution >= 0.6 is 0 Å². The van der Waals surface area contributed by atoms with Gasteiger partial charge in [0.05, 0.1) is 0 Å². The van der Waals surface area contributed by atoms with Crippen molar-refractivity contribution in [3.05, 3.63) is 57.2 Å². The van der Waals surface area contributed by atoms with Gasteiger partial charge in [0.2, 0.25) is 0 Å². The molecule has 0 fully saturated rings. The fourth-order valence-corrected chi connectivity index (χ4v) is 4.80. The number of hydrogen-bond acceptors (Lipinski definition) is 3. The van der Waals surface area contributed by atoms with Crippen LogP contribution < -0.4 is 9.47 Å².